The van der Waals surface area contributed by atoms with Gasteiger partial charge in [0.15, 0.2) is 0 Å². The summed E-state index contributed by atoms with van der Waals surface area (Å²) >= 11 is 0. The van der Waals surface area contributed by atoms with Crippen molar-refractivity contribution in [2.45, 2.75) is 20.3 Å². The molecule has 2 rings (SSSR count). The standard InChI is InChI=1S/C16H19NO/c1-12-3-6-15(7-4-12)18-16-8-5-14(9-10-17)11-13(16)2/h3-8,11H,9-10,17H2,1-2H3. The van der Waals surface area contributed by atoms with E-state index in [9.17, 15) is 0 Å². The number of hydrogen-bond donors (Lipinski definition) is 1. The molecule has 2 heteroatoms. The Morgan fingerprint density at radius 2 is 1.72 bits per heavy atom. The van der Waals surface area contributed by atoms with Crippen LogP contribution in [0.25, 0.3) is 0 Å². The van der Waals surface area contributed by atoms with Crippen LogP contribution in [0, 0.1) is 13.8 Å². The van der Waals surface area contributed by atoms with E-state index in [1.165, 1.54) is 11.1 Å². The predicted octanol–water partition coefficient (Wildman–Crippen LogP) is 3.60. The molecule has 0 atom stereocenters. The van der Waals surface area contributed by atoms with E-state index in [0.717, 1.165) is 23.5 Å². The molecule has 0 heterocycles. The SMILES string of the molecule is Cc1ccc(Oc2ccc(CCN)cc2C)cc1. The van der Waals surface area contributed by atoms with Crippen molar-refractivity contribution >= 4 is 0 Å². The van der Waals surface area contributed by atoms with Crippen LogP contribution >= 0.6 is 0 Å². The van der Waals surface area contributed by atoms with Gasteiger partial charge >= 0.3 is 0 Å². The maximum atomic E-state index is 5.87. The summed E-state index contributed by atoms with van der Waals surface area (Å²) in [6.45, 7) is 4.80. The van der Waals surface area contributed by atoms with Crippen LogP contribution in [0.1, 0.15) is 16.7 Å². The molecule has 0 aromatic heterocycles. The summed E-state index contributed by atoms with van der Waals surface area (Å²) in [5.41, 5.74) is 9.18. The Morgan fingerprint density at radius 3 is 2.33 bits per heavy atom. The second-order valence-corrected chi connectivity index (χ2v) is 4.55. The highest BCUT2D eigenvalue weighted by Gasteiger charge is 2.02. The minimum atomic E-state index is 0.678. The average Bonchev–Trinajstić information content (AvgIpc) is 2.36. The van der Waals surface area contributed by atoms with Crippen LogP contribution in [-0.2, 0) is 6.42 Å². The third kappa shape index (κ3) is 3.11. The molecule has 0 saturated carbocycles. The molecule has 0 aliphatic rings. The zero-order chi connectivity index (χ0) is 13.0. The number of aryl methyl sites for hydroxylation is 2. The van der Waals surface area contributed by atoms with E-state index in [4.69, 9.17) is 10.5 Å². The fourth-order valence-corrected chi connectivity index (χ4v) is 1.88. The zero-order valence-corrected chi connectivity index (χ0v) is 10.9. The summed E-state index contributed by atoms with van der Waals surface area (Å²) in [7, 11) is 0. The molecule has 2 aromatic rings. The third-order valence-electron chi connectivity index (χ3n) is 2.92. The number of nitrogens with two attached hydrogens (primary N) is 1. The van der Waals surface area contributed by atoms with Crippen LogP contribution in [0.3, 0.4) is 0 Å². The maximum absolute atomic E-state index is 5.87. The second kappa shape index (κ2) is 5.69. The monoisotopic (exact) mass is 241 g/mol. The molecule has 0 bridgehead atoms. The maximum Gasteiger partial charge on any atom is 0.130 e. The second-order valence-electron chi connectivity index (χ2n) is 4.55. The zero-order valence-electron chi connectivity index (χ0n) is 10.9. The van der Waals surface area contributed by atoms with Gasteiger partial charge < -0.3 is 10.5 Å². The van der Waals surface area contributed by atoms with Crippen molar-refractivity contribution in [3.63, 3.8) is 0 Å². The molecule has 0 saturated heterocycles. The molecule has 2 nitrogen and oxygen atoms in total. The van der Waals surface area contributed by atoms with Gasteiger partial charge in [-0.1, -0.05) is 29.8 Å². The Hall–Kier alpha value is -1.80. The van der Waals surface area contributed by atoms with Gasteiger partial charge in [0.05, 0.1) is 0 Å². The lowest BCUT2D eigenvalue weighted by atomic mass is 10.1. The molecule has 0 fully saturated rings. The molecular weight excluding hydrogens is 222 g/mol. The van der Waals surface area contributed by atoms with Crippen molar-refractivity contribution in [3.8, 4) is 11.5 Å². The van der Waals surface area contributed by atoms with Gasteiger partial charge in [-0.3, -0.25) is 0 Å². The van der Waals surface area contributed by atoms with Gasteiger partial charge in [0.25, 0.3) is 0 Å². The lowest BCUT2D eigenvalue weighted by Gasteiger charge is -2.10. The molecule has 0 aliphatic carbocycles. The van der Waals surface area contributed by atoms with Gasteiger partial charge in [0.1, 0.15) is 11.5 Å². The van der Waals surface area contributed by atoms with E-state index >= 15 is 0 Å². The van der Waals surface area contributed by atoms with Crippen LogP contribution in [0.5, 0.6) is 11.5 Å². The molecule has 2 N–H and O–H groups in total. The molecule has 94 valence electrons. The van der Waals surface area contributed by atoms with Crippen molar-refractivity contribution in [1.29, 1.82) is 0 Å². The summed E-state index contributed by atoms with van der Waals surface area (Å²) in [4.78, 5) is 0. The van der Waals surface area contributed by atoms with Crippen molar-refractivity contribution < 1.29 is 4.74 Å². The summed E-state index contributed by atoms with van der Waals surface area (Å²) in [6, 6.07) is 14.3. The van der Waals surface area contributed by atoms with Gasteiger partial charge in [-0.15, -0.1) is 0 Å². The van der Waals surface area contributed by atoms with Crippen LogP contribution in [0.15, 0.2) is 42.5 Å². The van der Waals surface area contributed by atoms with E-state index in [0.29, 0.717) is 6.54 Å². The van der Waals surface area contributed by atoms with Gasteiger partial charge in [0.2, 0.25) is 0 Å². The minimum Gasteiger partial charge on any atom is -0.457 e. The highest BCUT2D eigenvalue weighted by atomic mass is 16.5. The van der Waals surface area contributed by atoms with Crippen molar-refractivity contribution in [3.05, 3.63) is 59.2 Å². The molecule has 0 aliphatic heterocycles. The largest absolute Gasteiger partial charge is 0.457 e. The Kier molecular flexibility index (Phi) is 4.00. The Morgan fingerprint density at radius 1 is 1.00 bits per heavy atom. The van der Waals surface area contributed by atoms with Gasteiger partial charge in [-0.2, -0.15) is 0 Å². The first kappa shape index (κ1) is 12.7. The Balaban J connectivity index is 2.16. The van der Waals surface area contributed by atoms with Crippen molar-refractivity contribution in [1.82, 2.24) is 0 Å². The highest BCUT2D eigenvalue weighted by Crippen LogP contribution is 2.26. The Labute approximate surface area is 108 Å². The summed E-state index contributed by atoms with van der Waals surface area (Å²) < 4.78 is 5.87. The first-order valence-electron chi connectivity index (χ1n) is 6.23. The van der Waals surface area contributed by atoms with Gasteiger partial charge in [-0.25, -0.2) is 0 Å². The first-order valence-corrected chi connectivity index (χ1v) is 6.23. The number of ether oxygens (including phenoxy) is 1. The van der Waals surface area contributed by atoms with E-state index in [1.807, 2.05) is 30.3 Å². The molecule has 2 aromatic carbocycles. The van der Waals surface area contributed by atoms with E-state index in [-0.39, 0.29) is 0 Å². The minimum absolute atomic E-state index is 0.678. The van der Waals surface area contributed by atoms with Crippen LogP contribution in [-0.4, -0.2) is 6.54 Å². The van der Waals surface area contributed by atoms with Crippen LogP contribution < -0.4 is 10.5 Å². The molecule has 0 unspecified atom stereocenters. The van der Waals surface area contributed by atoms with E-state index < -0.39 is 0 Å². The number of rotatable bonds is 4. The predicted molar refractivity (Wildman–Crippen MR) is 75.2 cm³/mol. The molecule has 0 radical (unpaired) electrons. The third-order valence-corrected chi connectivity index (χ3v) is 2.92. The van der Waals surface area contributed by atoms with E-state index in [2.05, 4.69) is 26.0 Å². The quantitative estimate of drug-likeness (QED) is 0.887. The van der Waals surface area contributed by atoms with Crippen molar-refractivity contribution in [2.24, 2.45) is 5.73 Å². The number of benzene rings is 2. The smallest absolute Gasteiger partial charge is 0.130 e. The van der Waals surface area contributed by atoms with Crippen LogP contribution in [0.4, 0.5) is 0 Å². The normalized spacial score (nSPS) is 10.4. The molecule has 0 spiro atoms. The molecule has 0 amide bonds. The lowest BCUT2D eigenvalue weighted by molar-refractivity contribution is 0.478. The average molecular weight is 241 g/mol. The topological polar surface area (TPSA) is 35.2 Å². The number of hydrogen-bond acceptors (Lipinski definition) is 2. The highest BCUT2D eigenvalue weighted by molar-refractivity contribution is 5.40. The summed E-state index contributed by atoms with van der Waals surface area (Å²) in [6.07, 6.45) is 0.908. The molecular formula is C16H19NO. The molecule has 18 heavy (non-hydrogen) atoms. The Bertz CT molecular complexity index is 517. The fourth-order valence-electron chi connectivity index (χ4n) is 1.88. The first-order chi connectivity index (χ1) is 8.69. The van der Waals surface area contributed by atoms with Crippen LogP contribution in [0.2, 0.25) is 0 Å². The van der Waals surface area contributed by atoms with Crippen molar-refractivity contribution in [2.75, 3.05) is 6.54 Å². The summed E-state index contributed by atoms with van der Waals surface area (Å²) in [5, 5.41) is 0. The summed E-state index contributed by atoms with van der Waals surface area (Å²) in [5.74, 6) is 1.77. The lowest BCUT2D eigenvalue weighted by Crippen LogP contribution is -2.02. The van der Waals surface area contributed by atoms with Gasteiger partial charge in [-0.05, 0) is 56.1 Å². The van der Waals surface area contributed by atoms with Gasteiger partial charge in [0, 0.05) is 0 Å². The van der Waals surface area contributed by atoms with E-state index in [1.54, 1.807) is 0 Å². The fraction of sp³-hybridized carbons (Fsp3) is 0.250.